The Balaban J connectivity index is 3.10. The molecule has 2 N–H and O–H groups in total. The second-order valence-corrected chi connectivity index (χ2v) is 2.97. The van der Waals surface area contributed by atoms with E-state index in [4.69, 9.17) is 10.5 Å². The molecule has 0 spiro atoms. The summed E-state index contributed by atoms with van der Waals surface area (Å²) in [5.41, 5.74) is 5.58. The van der Waals surface area contributed by atoms with Gasteiger partial charge in [-0.1, -0.05) is 0 Å². The number of benzene rings is 1. The zero-order chi connectivity index (χ0) is 11.4. The van der Waals surface area contributed by atoms with Crippen LogP contribution in [0.15, 0.2) is 18.2 Å². The topological polar surface area (TPSA) is 55.6 Å². The average Bonchev–Trinajstić information content (AvgIpc) is 2.27. The number of halogens is 1. The largest absolute Gasteiger partial charge is 0.495 e. The lowest BCUT2D eigenvalue weighted by atomic mass is 10.2. The van der Waals surface area contributed by atoms with E-state index in [1.165, 1.54) is 37.3 Å². The maximum Gasteiger partial charge on any atom is 0.240 e. The molecule has 1 rings (SSSR count). The number of hydrogen-bond donors (Lipinski definition) is 1. The van der Waals surface area contributed by atoms with Gasteiger partial charge in [-0.2, -0.15) is 0 Å². The summed E-state index contributed by atoms with van der Waals surface area (Å²) in [7, 11) is 2.98. The van der Waals surface area contributed by atoms with Gasteiger partial charge in [0.2, 0.25) is 5.91 Å². The summed E-state index contributed by atoms with van der Waals surface area (Å²) in [6.45, 7) is -0.129. The Hall–Kier alpha value is -1.62. The molecule has 0 aliphatic heterocycles. The van der Waals surface area contributed by atoms with Crippen LogP contribution in [-0.4, -0.2) is 26.6 Å². The van der Waals surface area contributed by atoms with Crippen LogP contribution in [0.2, 0.25) is 0 Å². The third-order valence-corrected chi connectivity index (χ3v) is 2.05. The van der Waals surface area contributed by atoms with Crippen molar-refractivity contribution in [2.24, 2.45) is 5.73 Å². The quantitative estimate of drug-likeness (QED) is 0.804. The molecule has 1 amide bonds. The fourth-order valence-electron chi connectivity index (χ4n) is 1.20. The number of amides is 1. The molecule has 0 unspecified atom stereocenters. The molecule has 0 heterocycles. The minimum atomic E-state index is -0.428. The zero-order valence-corrected chi connectivity index (χ0v) is 8.66. The highest BCUT2D eigenvalue weighted by Crippen LogP contribution is 2.27. The highest BCUT2D eigenvalue weighted by atomic mass is 19.1. The molecule has 4 nitrogen and oxygen atoms in total. The highest BCUT2D eigenvalue weighted by Gasteiger charge is 2.14. The van der Waals surface area contributed by atoms with Crippen molar-refractivity contribution in [2.75, 3.05) is 25.6 Å². The molecule has 0 aliphatic rings. The van der Waals surface area contributed by atoms with Crippen LogP contribution < -0.4 is 15.4 Å². The number of rotatable bonds is 3. The van der Waals surface area contributed by atoms with Gasteiger partial charge in [0.25, 0.3) is 0 Å². The Morgan fingerprint density at radius 1 is 1.60 bits per heavy atom. The minimum Gasteiger partial charge on any atom is -0.495 e. The van der Waals surface area contributed by atoms with Gasteiger partial charge < -0.3 is 15.4 Å². The lowest BCUT2D eigenvalue weighted by molar-refractivity contribution is -0.117. The van der Waals surface area contributed by atoms with Crippen molar-refractivity contribution in [1.29, 1.82) is 0 Å². The van der Waals surface area contributed by atoms with E-state index in [2.05, 4.69) is 0 Å². The van der Waals surface area contributed by atoms with E-state index < -0.39 is 5.82 Å². The summed E-state index contributed by atoms with van der Waals surface area (Å²) in [6.07, 6.45) is 0. The zero-order valence-electron chi connectivity index (χ0n) is 8.66. The number of carbonyl (C=O) groups is 1. The Morgan fingerprint density at radius 3 is 2.80 bits per heavy atom. The van der Waals surface area contributed by atoms with Crippen LogP contribution >= 0.6 is 0 Å². The molecule has 0 atom stereocenters. The van der Waals surface area contributed by atoms with E-state index in [0.29, 0.717) is 11.4 Å². The molecule has 0 aliphatic carbocycles. The van der Waals surface area contributed by atoms with Gasteiger partial charge in [-0.05, 0) is 12.1 Å². The van der Waals surface area contributed by atoms with Crippen molar-refractivity contribution >= 4 is 11.6 Å². The molecule has 0 radical (unpaired) electrons. The van der Waals surface area contributed by atoms with Gasteiger partial charge in [0.1, 0.15) is 11.6 Å². The van der Waals surface area contributed by atoms with Gasteiger partial charge in [0.05, 0.1) is 19.3 Å². The second-order valence-electron chi connectivity index (χ2n) is 2.97. The Bertz CT molecular complexity index is 368. The van der Waals surface area contributed by atoms with Crippen LogP contribution in [0.4, 0.5) is 10.1 Å². The minimum absolute atomic E-state index is 0.129. The maximum atomic E-state index is 13.0. The van der Waals surface area contributed by atoms with Crippen LogP contribution in [0.1, 0.15) is 0 Å². The van der Waals surface area contributed by atoms with Gasteiger partial charge in [-0.25, -0.2) is 4.39 Å². The number of nitrogens with zero attached hydrogens (tertiary/aromatic N) is 1. The molecule has 15 heavy (non-hydrogen) atoms. The molecule has 0 bridgehead atoms. The molecule has 1 aromatic rings. The maximum absolute atomic E-state index is 13.0. The summed E-state index contributed by atoms with van der Waals surface area (Å²) >= 11 is 0. The number of anilines is 1. The summed E-state index contributed by atoms with van der Waals surface area (Å²) in [4.78, 5) is 12.6. The molecule has 82 valence electrons. The van der Waals surface area contributed by atoms with Gasteiger partial charge in [-0.3, -0.25) is 4.79 Å². The molecule has 5 heteroatoms. The van der Waals surface area contributed by atoms with E-state index in [-0.39, 0.29) is 12.5 Å². The average molecular weight is 212 g/mol. The molecule has 0 fully saturated rings. The molecule has 0 saturated carbocycles. The monoisotopic (exact) mass is 212 g/mol. The second kappa shape index (κ2) is 4.75. The van der Waals surface area contributed by atoms with E-state index in [9.17, 15) is 9.18 Å². The van der Waals surface area contributed by atoms with Gasteiger partial charge in [0, 0.05) is 13.1 Å². The standard InChI is InChI=1S/C10H13FN2O2/c1-13(10(14)6-12)8-5-7(11)3-4-9(8)15-2/h3-5H,6,12H2,1-2H3. The first-order chi connectivity index (χ1) is 7.10. The van der Waals surface area contributed by atoms with Crippen LogP contribution in [-0.2, 0) is 4.79 Å². The Kier molecular flexibility index (Phi) is 3.62. The van der Waals surface area contributed by atoms with Crippen molar-refractivity contribution in [3.05, 3.63) is 24.0 Å². The number of methoxy groups -OCH3 is 1. The first-order valence-corrected chi connectivity index (χ1v) is 4.40. The fourth-order valence-corrected chi connectivity index (χ4v) is 1.20. The van der Waals surface area contributed by atoms with Gasteiger partial charge >= 0.3 is 0 Å². The van der Waals surface area contributed by atoms with Crippen LogP contribution in [0.25, 0.3) is 0 Å². The molecular formula is C10H13FN2O2. The first kappa shape index (κ1) is 11.5. The van der Waals surface area contributed by atoms with E-state index >= 15 is 0 Å². The fraction of sp³-hybridized carbons (Fsp3) is 0.300. The van der Waals surface area contributed by atoms with Crippen molar-refractivity contribution in [3.63, 3.8) is 0 Å². The first-order valence-electron chi connectivity index (χ1n) is 4.40. The molecule has 0 saturated heterocycles. The van der Waals surface area contributed by atoms with Crippen molar-refractivity contribution in [3.8, 4) is 5.75 Å². The summed E-state index contributed by atoms with van der Waals surface area (Å²) in [5.74, 6) is -0.304. The van der Waals surface area contributed by atoms with E-state index in [1.54, 1.807) is 0 Å². The van der Waals surface area contributed by atoms with Crippen LogP contribution in [0.5, 0.6) is 5.75 Å². The Morgan fingerprint density at radius 2 is 2.27 bits per heavy atom. The smallest absolute Gasteiger partial charge is 0.240 e. The number of ether oxygens (including phenoxy) is 1. The van der Waals surface area contributed by atoms with Crippen molar-refractivity contribution in [1.82, 2.24) is 0 Å². The number of hydrogen-bond acceptors (Lipinski definition) is 3. The third kappa shape index (κ3) is 2.44. The van der Waals surface area contributed by atoms with E-state index in [1.807, 2.05) is 0 Å². The van der Waals surface area contributed by atoms with Crippen molar-refractivity contribution < 1.29 is 13.9 Å². The number of carbonyl (C=O) groups excluding carboxylic acids is 1. The highest BCUT2D eigenvalue weighted by molar-refractivity contribution is 5.95. The number of nitrogens with two attached hydrogens (primary N) is 1. The molecule has 0 aromatic heterocycles. The van der Waals surface area contributed by atoms with Crippen molar-refractivity contribution in [2.45, 2.75) is 0 Å². The summed E-state index contributed by atoms with van der Waals surface area (Å²) in [5, 5.41) is 0. The summed E-state index contributed by atoms with van der Waals surface area (Å²) in [6, 6.07) is 3.96. The predicted octanol–water partition coefficient (Wildman–Crippen LogP) is 0.756. The predicted molar refractivity (Wildman–Crippen MR) is 55.4 cm³/mol. The normalized spacial score (nSPS) is 9.87. The lowest BCUT2D eigenvalue weighted by Crippen LogP contribution is -2.32. The lowest BCUT2D eigenvalue weighted by Gasteiger charge is -2.19. The van der Waals surface area contributed by atoms with Gasteiger partial charge in [-0.15, -0.1) is 0 Å². The van der Waals surface area contributed by atoms with Crippen LogP contribution in [0, 0.1) is 5.82 Å². The SMILES string of the molecule is COc1ccc(F)cc1N(C)C(=O)CN. The van der Waals surface area contributed by atoms with Crippen LogP contribution in [0.3, 0.4) is 0 Å². The summed E-state index contributed by atoms with van der Waals surface area (Å²) < 4.78 is 18.0. The molecule has 1 aromatic carbocycles. The van der Waals surface area contributed by atoms with E-state index in [0.717, 1.165) is 0 Å². The number of likely N-dealkylation sites (N-methyl/N-ethyl adjacent to an activating group) is 1. The Labute approximate surface area is 87.4 Å². The van der Waals surface area contributed by atoms with Gasteiger partial charge in [0.15, 0.2) is 0 Å². The molecular weight excluding hydrogens is 199 g/mol. The third-order valence-electron chi connectivity index (χ3n) is 2.05.